The van der Waals surface area contributed by atoms with Gasteiger partial charge in [-0.25, -0.2) is 0 Å². The summed E-state index contributed by atoms with van der Waals surface area (Å²) < 4.78 is 5.26. The molecule has 1 rings (SSSR count). The third-order valence-electron chi connectivity index (χ3n) is 3.71. The Hall–Kier alpha value is -1.06. The summed E-state index contributed by atoms with van der Waals surface area (Å²) in [4.78, 5) is 13.9. The molecule has 3 nitrogen and oxygen atoms in total. The highest BCUT2D eigenvalue weighted by atomic mass is 35.5. The van der Waals surface area contributed by atoms with Crippen LogP contribution in [0.4, 0.5) is 0 Å². The van der Waals surface area contributed by atoms with Crippen LogP contribution in [-0.4, -0.2) is 31.5 Å². The van der Waals surface area contributed by atoms with Gasteiger partial charge in [0, 0.05) is 6.42 Å². The van der Waals surface area contributed by atoms with Crippen LogP contribution in [0.15, 0.2) is 30.3 Å². The van der Waals surface area contributed by atoms with E-state index in [0.29, 0.717) is 12.2 Å². The Kier molecular flexibility index (Phi) is 13.9. The van der Waals surface area contributed by atoms with E-state index in [1.807, 2.05) is 30.3 Å². The molecule has 0 unspecified atom stereocenters. The zero-order valence-electron chi connectivity index (χ0n) is 14.6. The molecule has 0 aliphatic heterocycles. The monoisotopic (exact) mass is 341 g/mol. The SMILES string of the molecule is CN(C)CCCCCCCCCCC(=O)Oc1ccccc1.Cl. The van der Waals surface area contributed by atoms with Crippen LogP contribution < -0.4 is 4.74 Å². The van der Waals surface area contributed by atoms with Gasteiger partial charge in [-0.15, -0.1) is 12.4 Å². The number of benzene rings is 1. The summed E-state index contributed by atoms with van der Waals surface area (Å²) in [5.41, 5.74) is 0. The van der Waals surface area contributed by atoms with E-state index in [-0.39, 0.29) is 18.4 Å². The third-order valence-corrected chi connectivity index (χ3v) is 3.71. The first-order valence-electron chi connectivity index (χ1n) is 8.59. The van der Waals surface area contributed by atoms with Crippen molar-refractivity contribution < 1.29 is 9.53 Å². The summed E-state index contributed by atoms with van der Waals surface area (Å²) in [6.07, 6.45) is 10.4. The minimum absolute atomic E-state index is 0. The van der Waals surface area contributed by atoms with Gasteiger partial charge in [0.1, 0.15) is 5.75 Å². The average Bonchev–Trinajstić information content (AvgIpc) is 2.50. The number of carbonyl (C=O) groups is 1. The number of carbonyl (C=O) groups excluding carboxylic acids is 1. The molecular formula is C19H32ClNO2. The van der Waals surface area contributed by atoms with Crippen molar-refractivity contribution in [3.05, 3.63) is 30.3 Å². The van der Waals surface area contributed by atoms with E-state index in [1.165, 1.54) is 45.1 Å². The Bertz CT molecular complexity index is 396. The Morgan fingerprint density at radius 3 is 1.96 bits per heavy atom. The van der Waals surface area contributed by atoms with Crippen LogP contribution in [0.25, 0.3) is 0 Å². The molecule has 0 radical (unpaired) electrons. The number of nitrogens with zero attached hydrogens (tertiary/aromatic N) is 1. The van der Waals surface area contributed by atoms with Gasteiger partial charge in [0.2, 0.25) is 0 Å². The van der Waals surface area contributed by atoms with Gasteiger partial charge in [0.25, 0.3) is 0 Å². The summed E-state index contributed by atoms with van der Waals surface area (Å²) in [6.45, 7) is 1.20. The topological polar surface area (TPSA) is 29.5 Å². The molecule has 1 aromatic carbocycles. The first-order chi connectivity index (χ1) is 10.7. The van der Waals surface area contributed by atoms with Crippen LogP contribution in [0, 0.1) is 0 Å². The van der Waals surface area contributed by atoms with Crippen LogP contribution in [0.1, 0.15) is 57.8 Å². The van der Waals surface area contributed by atoms with Crippen molar-refractivity contribution in [2.24, 2.45) is 0 Å². The van der Waals surface area contributed by atoms with Gasteiger partial charge < -0.3 is 9.64 Å². The lowest BCUT2D eigenvalue weighted by molar-refractivity contribution is -0.134. The third kappa shape index (κ3) is 13.1. The van der Waals surface area contributed by atoms with Gasteiger partial charge >= 0.3 is 5.97 Å². The summed E-state index contributed by atoms with van der Waals surface area (Å²) in [5, 5.41) is 0. The average molecular weight is 342 g/mol. The molecule has 23 heavy (non-hydrogen) atoms. The van der Waals surface area contributed by atoms with Crippen LogP contribution >= 0.6 is 12.4 Å². The predicted molar refractivity (Wildman–Crippen MR) is 99.4 cm³/mol. The summed E-state index contributed by atoms with van der Waals surface area (Å²) >= 11 is 0. The number of hydrogen-bond acceptors (Lipinski definition) is 3. The zero-order chi connectivity index (χ0) is 16.0. The van der Waals surface area contributed by atoms with E-state index >= 15 is 0 Å². The lowest BCUT2D eigenvalue weighted by Crippen LogP contribution is -2.12. The molecule has 0 spiro atoms. The molecule has 0 bridgehead atoms. The zero-order valence-corrected chi connectivity index (χ0v) is 15.4. The lowest BCUT2D eigenvalue weighted by atomic mass is 10.1. The molecule has 0 heterocycles. The first kappa shape index (κ1) is 21.9. The molecule has 0 aliphatic rings. The second kappa shape index (κ2) is 14.5. The van der Waals surface area contributed by atoms with Crippen molar-refractivity contribution in [3.63, 3.8) is 0 Å². The second-order valence-electron chi connectivity index (χ2n) is 6.17. The van der Waals surface area contributed by atoms with Crippen molar-refractivity contribution in [1.82, 2.24) is 4.90 Å². The lowest BCUT2D eigenvalue weighted by Gasteiger charge is -2.08. The number of rotatable bonds is 12. The van der Waals surface area contributed by atoms with Crippen molar-refractivity contribution in [2.75, 3.05) is 20.6 Å². The molecule has 132 valence electrons. The van der Waals surface area contributed by atoms with Crippen LogP contribution in [0.3, 0.4) is 0 Å². The highest BCUT2D eigenvalue weighted by Gasteiger charge is 2.03. The fraction of sp³-hybridized carbons (Fsp3) is 0.632. The van der Waals surface area contributed by atoms with Crippen LogP contribution in [-0.2, 0) is 4.79 Å². The van der Waals surface area contributed by atoms with E-state index in [4.69, 9.17) is 4.74 Å². The maximum atomic E-state index is 11.6. The minimum atomic E-state index is -0.116. The van der Waals surface area contributed by atoms with E-state index in [2.05, 4.69) is 19.0 Å². The molecule has 0 N–H and O–H groups in total. The number of halogens is 1. The van der Waals surface area contributed by atoms with Crippen LogP contribution in [0.5, 0.6) is 5.75 Å². The van der Waals surface area contributed by atoms with Gasteiger partial charge in [-0.3, -0.25) is 4.79 Å². The van der Waals surface area contributed by atoms with Crippen molar-refractivity contribution >= 4 is 18.4 Å². The summed E-state index contributed by atoms with van der Waals surface area (Å²) in [6, 6.07) is 9.29. The molecule has 0 atom stereocenters. The Balaban J connectivity index is 0.00000484. The van der Waals surface area contributed by atoms with E-state index in [9.17, 15) is 4.79 Å². The van der Waals surface area contributed by atoms with Crippen LogP contribution in [0.2, 0.25) is 0 Å². The maximum absolute atomic E-state index is 11.6. The van der Waals surface area contributed by atoms with E-state index in [0.717, 1.165) is 12.8 Å². The smallest absolute Gasteiger partial charge is 0.311 e. The van der Waals surface area contributed by atoms with E-state index < -0.39 is 0 Å². The van der Waals surface area contributed by atoms with E-state index in [1.54, 1.807) is 0 Å². The normalized spacial score (nSPS) is 10.4. The van der Waals surface area contributed by atoms with Gasteiger partial charge in [0.05, 0.1) is 0 Å². The Morgan fingerprint density at radius 1 is 0.870 bits per heavy atom. The van der Waals surface area contributed by atoms with Crippen molar-refractivity contribution in [1.29, 1.82) is 0 Å². The predicted octanol–water partition coefficient (Wildman–Crippen LogP) is 5.09. The molecule has 0 aromatic heterocycles. The maximum Gasteiger partial charge on any atom is 0.311 e. The largest absolute Gasteiger partial charge is 0.427 e. The highest BCUT2D eigenvalue weighted by molar-refractivity contribution is 5.85. The number of para-hydroxylation sites is 1. The van der Waals surface area contributed by atoms with Gasteiger partial charge in [-0.05, 0) is 45.6 Å². The van der Waals surface area contributed by atoms with Gasteiger partial charge in [-0.2, -0.15) is 0 Å². The minimum Gasteiger partial charge on any atom is -0.427 e. The number of esters is 1. The molecular weight excluding hydrogens is 310 g/mol. The Morgan fingerprint density at radius 2 is 1.39 bits per heavy atom. The standard InChI is InChI=1S/C19H31NO2.ClH/c1-20(2)17-13-8-6-4-3-5-7-12-16-19(21)22-18-14-10-9-11-15-18;/h9-11,14-15H,3-8,12-13,16-17H2,1-2H3;1H. The molecule has 1 aromatic rings. The first-order valence-corrected chi connectivity index (χ1v) is 8.59. The summed E-state index contributed by atoms with van der Waals surface area (Å²) in [5.74, 6) is 0.528. The summed E-state index contributed by atoms with van der Waals surface area (Å²) in [7, 11) is 4.26. The number of hydrogen-bond donors (Lipinski definition) is 0. The fourth-order valence-electron chi connectivity index (χ4n) is 2.43. The molecule has 0 saturated heterocycles. The highest BCUT2D eigenvalue weighted by Crippen LogP contribution is 2.12. The van der Waals surface area contributed by atoms with Gasteiger partial charge in [0.15, 0.2) is 0 Å². The quantitative estimate of drug-likeness (QED) is 0.301. The molecule has 0 fully saturated rings. The Labute approximate surface area is 147 Å². The second-order valence-corrected chi connectivity index (χ2v) is 6.17. The molecule has 0 amide bonds. The molecule has 0 saturated carbocycles. The molecule has 0 aliphatic carbocycles. The van der Waals surface area contributed by atoms with Crippen molar-refractivity contribution in [2.45, 2.75) is 57.8 Å². The number of ether oxygens (including phenoxy) is 1. The van der Waals surface area contributed by atoms with Crippen molar-refractivity contribution in [3.8, 4) is 5.75 Å². The van der Waals surface area contributed by atoms with Gasteiger partial charge in [-0.1, -0.05) is 56.7 Å². The molecule has 4 heteroatoms. The number of unbranched alkanes of at least 4 members (excludes halogenated alkanes) is 7. The fourth-order valence-corrected chi connectivity index (χ4v) is 2.43.